The highest BCUT2D eigenvalue weighted by Crippen LogP contribution is 2.33. The van der Waals surface area contributed by atoms with Gasteiger partial charge in [-0.2, -0.15) is 13.2 Å². The maximum Gasteiger partial charge on any atom is 0.416 e. The Hall–Kier alpha value is -3.07. The number of amides is 1. The van der Waals surface area contributed by atoms with Crippen molar-refractivity contribution < 1.29 is 30.8 Å². The molecule has 1 aromatic heterocycles. The molecule has 0 unspecified atom stereocenters. The molecule has 1 fully saturated rings. The molecule has 1 atom stereocenters. The minimum Gasteiger partial charge on any atom is -0.459 e. The maximum atomic E-state index is 13.3. The van der Waals surface area contributed by atoms with E-state index < -0.39 is 27.6 Å². The highest BCUT2D eigenvalue weighted by molar-refractivity contribution is 7.91. The molecule has 5 nitrogen and oxygen atoms in total. The van der Waals surface area contributed by atoms with Gasteiger partial charge in [0.05, 0.1) is 23.6 Å². The lowest BCUT2D eigenvalue weighted by molar-refractivity contribution is -0.137. The second kappa shape index (κ2) is 8.70. The molecule has 2 aromatic carbocycles. The standard InChI is InChI=1S/C24H22F3NO4S/c1-16-5-7-17(8-6-16)23(29)28(20-11-12-33(30,31)15-20)14-21-9-10-22(32-21)18-3-2-4-19(13-18)24(25,26)27/h2-10,13,20H,11-12,14-15H2,1H3/t20-/m1/s1. The number of hydrogen-bond donors (Lipinski definition) is 0. The van der Waals surface area contributed by atoms with Crippen LogP contribution in [0, 0.1) is 6.92 Å². The molecule has 0 saturated carbocycles. The van der Waals surface area contributed by atoms with Crippen LogP contribution in [-0.2, 0) is 22.6 Å². The lowest BCUT2D eigenvalue weighted by Gasteiger charge is -2.27. The van der Waals surface area contributed by atoms with Crippen molar-refractivity contribution in [2.45, 2.75) is 32.1 Å². The van der Waals surface area contributed by atoms with Crippen molar-refractivity contribution in [2.75, 3.05) is 11.5 Å². The van der Waals surface area contributed by atoms with Crippen LogP contribution in [0.2, 0.25) is 0 Å². The second-order valence-electron chi connectivity index (χ2n) is 8.20. The fourth-order valence-electron chi connectivity index (χ4n) is 3.88. The maximum absolute atomic E-state index is 13.3. The van der Waals surface area contributed by atoms with Crippen molar-refractivity contribution >= 4 is 15.7 Å². The number of benzene rings is 2. The molecule has 1 amide bonds. The van der Waals surface area contributed by atoms with Crippen LogP contribution in [0.1, 0.15) is 33.7 Å². The Bertz CT molecular complexity index is 1260. The predicted molar refractivity (Wildman–Crippen MR) is 117 cm³/mol. The summed E-state index contributed by atoms with van der Waals surface area (Å²) in [4.78, 5) is 14.7. The molecule has 0 aliphatic carbocycles. The zero-order valence-electron chi connectivity index (χ0n) is 17.8. The monoisotopic (exact) mass is 477 g/mol. The molecule has 0 radical (unpaired) electrons. The first kappa shape index (κ1) is 23.1. The van der Waals surface area contributed by atoms with Crippen molar-refractivity contribution in [1.29, 1.82) is 0 Å². The number of rotatable bonds is 5. The third kappa shape index (κ3) is 5.30. The van der Waals surface area contributed by atoms with E-state index in [1.165, 1.54) is 17.0 Å². The van der Waals surface area contributed by atoms with Crippen LogP contribution in [0.5, 0.6) is 0 Å². The summed E-state index contributed by atoms with van der Waals surface area (Å²) < 4.78 is 69.0. The average Bonchev–Trinajstić information content (AvgIpc) is 3.37. The van der Waals surface area contributed by atoms with Gasteiger partial charge in [0.25, 0.3) is 5.91 Å². The van der Waals surface area contributed by atoms with Gasteiger partial charge in [0.2, 0.25) is 0 Å². The Morgan fingerprint density at radius 3 is 2.45 bits per heavy atom. The van der Waals surface area contributed by atoms with E-state index in [-0.39, 0.29) is 35.3 Å². The molecule has 9 heteroatoms. The topological polar surface area (TPSA) is 67.6 Å². The minimum atomic E-state index is -4.48. The number of carbonyl (C=O) groups is 1. The number of carbonyl (C=O) groups excluding carboxylic acids is 1. The van der Waals surface area contributed by atoms with Gasteiger partial charge in [0.15, 0.2) is 9.84 Å². The number of alkyl halides is 3. The molecular formula is C24H22F3NO4S. The van der Waals surface area contributed by atoms with E-state index in [0.717, 1.165) is 17.7 Å². The molecule has 0 bridgehead atoms. The Morgan fingerprint density at radius 2 is 1.82 bits per heavy atom. The van der Waals surface area contributed by atoms with E-state index in [0.29, 0.717) is 17.7 Å². The highest BCUT2D eigenvalue weighted by atomic mass is 32.2. The van der Waals surface area contributed by atoms with Gasteiger partial charge < -0.3 is 9.32 Å². The molecular weight excluding hydrogens is 455 g/mol. The first-order valence-electron chi connectivity index (χ1n) is 10.4. The molecule has 174 valence electrons. The number of hydrogen-bond acceptors (Lipinski definition) is 4. The van der Waals surface area contributed by atoms with Crippen molar-refractivity contribution in [3.8, 4) is 11.3 Å². The zero-order chi connectivity index (χ0) is 23.8. The average molecular weight is 478 g/mol. The second-order valence-corrected chi connectivity index (χ2v) is 10.4. The van der Waals surface area contributed by atoms with Crippen LogP contribution in [0.4, 0.5) is 13.2 Å². The quantitative estimate of drug-likeness (QED) is 0.513. The van der Waals surface area contributed by atoms with Gasteiger partial charge in [0, 0.05) is 17.2 Å². The largest absolute Gasteiger partial charge is 0.459 e. The SMILES string of the molecule is Cc1ccc(C(=O)N(Cc2ccc(-c3cccc(C(F)(F)F)c3)o2)[C@@H]2CCS(=O)(=O)C2)cc1. The first-order chi connectivity index (χ1) is 15.5. The van der Waals surface area contributed by atoms with Crippen LogP contribution in [0.3, 0.4) is 0 Å². The summed E-state index contributed by atoms with van der Waals surface area (Å²) in [7, 11) is -3.24. The Kier molecular flexibility index (Phi) is 6.09. The summed E-state index contributed by atoms with van der Waals surface area (Å²) in [5, 5.41) is 0. The van der Waals surface area contributed by atoms with Gasteiger partial charge in [-0.05, 0) is 49.7 Å². The van der Waals surface area contributed by atoms with Gasteiger partial charge in [-0.15, -0.1) is 0 Å². The van der Waals surface area contributed by atoms with Gasteiger partial charge in [-0.1, -0.05) is 29.8 Å². The summed E-state index contributed by atoms with van der Waals surface area (Å²) in [6.07, 6.45) is -4.15. The van der Waals surface area contributed by atoms with Gasteiger partial charge in [-0.3, -0.25) is 4.79 Å². The summed E-state index contributed by atoms with van der Waals surface area (Å²) in [5.41, 5.74) is 0.883. The van der Waals surface area contributed by atoms with E-state index >= 15 is 0 Å². The van der Waals surface area contributed by atoms with Crippen LogP contribution in [0.25, 0.3) is 11.3 Å². The van der Waals surface area contributed by atoms with Crippen LogP contribution in [0.15, 0.2) is 65.1 Å². The molecule has 1 aliphatic heterocycles. The predicted octanol–water partition coefficient (Wildman–Crippen LogP) is 5.10. The van der Waals surface area contributed by atoms with Crippen molar-refractivity contribution in [3.63, 3.8) is 0 Å². The number of furan rings is 1. The normalized spacial score (nSPS) is 17.8. The molecule has 1 aliphatic rings. The Morgan fingerprint density at radius 1 is 1.09 bits per heavy atom. The molecule has 3 aromatic rings. The Labute approximate surface area is 189 Å². The number of aryl methyl sites for hydroxylation is 1. The fraction of sp³-hybridized carbons (Fsp3) is 0.292. The molecule has 4 rings (SSSR count). The number of nitrogens with zero attached hydrogens (tertiary/aromatic N) is 1. The lowest BCUT2D eigenvalue weighted by Crippen LogP contribution is -2.40. The Balaban J connectivity index is 1.61. The van der Waals surface area contributed by atoms with Crippen LogP contribution in [-0.4, -0.2) is 36.8 Å². The lowest BCUT2D eigenvalue weighted by atomic mass is 10.1. The summed E-state index contributed by atoms with van der Waals surface area (Å²) in [6, 6.07) is 14.4. The molecule has 1 saturated heterocycles. The highest BCUT2D eigenvalue weighted by Gasteiger charge is 2.35. The van der Waals surface area contributed by atoms with E-state index in [9.17, 15) is 26.4 Å². The van der Waals surface area contributed by atoms with E-state index in [2.05, 4.69) is 0 Å². The molecule has 0 spiro atoms. The number of sulfone groups is 1. The summed E-state index contributed by atoms with van der Waals surface area (Å²) in [6.45, 7) is 1.90. The van der Waals surface area contributed by atoms with Crippen LogP contribution < -0.4 is 0 Å². The third-order valence-corrected chi connectivity index (χ3v) is 7.42. The fourth-order valence-corrected chi connectivity index (χ4v) is 5.62. The van der Waals surface area contributed by atoms with Gasteiger partial charge in [-0.25, -0.2) is 8.42 Å². The van der Waals surface area contributed by atoms with E-state index in [1.54, 1.807) is 36.4 Å². The van der Waals surface area contributed by atoms with Crippen LogP contribution >= 0.6 is 0 Å². The van der Waals surface area contributed by atoms with E-state index in [1.807, 2.05) is 6.92 Å². The number of halogens is 3. The van der Waals surface area contributed by atoms with Gasteiger partial charge >= 0.3 is 6.18 Å². The third-order valence-electron chi connectivity index (χ3n) is 5.67. The van der Waals surface area contributed by atoms with Gasteiger partial charge in [0.1, 0.15) is 11.5 Å². The van der Waals surface area contributed by atoms with E-state index in [4.69, 9.17) is 4.42 Å². The van der Waals surface area contributed by atoms with Crippen molar-refractivity contribution in [1.82, 2.24) is 4.90 Å². The van der Waals surface area contributed by atoms with Crippen molar-refractivity contribution in [2.24, 2.45) is 0 Å². The minimum absolute atomic E-state index is 0.00296. The molecule has 33 heavy (non-hydrogen) atoms. The zero-order valence-corrected chi connectivity index (χ0v) is 18.6. The van der Waals surface area contributed by atoms with Crippen molar-refractivity contribution in [3.05, 3.63) is 83.1 Å². The smallest absolute Gasteiger partial charge is 0.416 e. The summed E-state index contributed by atoms with van der Waals surface area (Å²) >= 11 is 0. The first-order valence-corrected chi connectivity index (χ1v) is 12.2. The molecule has 0 N–H and O–H groups in total. The molecule has 2 heterocycles. The summed E-state index contributed by atoms with van der Waals surface area (Å²) in [5.74, 6) is 0.133.